The Bertz CT molecular complexity index is 561. The largest absolute Gasteiger partial charge is 0.417 e. The predicted molar refractivity (Wildman–Crippen MR) is 83.6 cm³/mol. The summed E-state index contributed by atoms with van der Waals surface area (Å²) < 4.78 is 40.1. The predicted octanol–water partition coefficient (Wildman–Crippen LogP) is 3.61. The molecule has 3 nitrogen and oxygen atoms in total. The van der Waals surface area contributed by atoms with Crippen LogP contribution in [0.5, 0.6) is 0 Å². The first-order valence-electron chi connectivity index (χ1n) is 7.96. The van der Waals surface area contributed by atoms with Gasteiger partial charge in [-0.25, -0.2) is 0 Å². The molecule has 0 atom stereocenters. The number of carbonyl (C=O) groups is 1. The van der Waals surface area contributed by atoms with Crippen molar-refractivity contribution in [1.82, 2.24) is 9.80 Å². The molecule has 128 valence electrons. The van der Waals surface area contributed by atoms with Crippen LogP contribution in [0.3, 0.4) is 0 Å². The van der Waals surface area contributed by atoms with E-state index in [-0.39, 0.29) is 11.5 Å². The summed E-state index contributed by atoms with van der Waals surface area (Å²) in [5.41, 5.74) is -0.483. The second kappa shape index (κ2) is 6.91. The molecular weight excluding hydrogens is 305 g/mol. The van der Waals surface area contributed by atoms with E-state index in [9.17, 15) is 18.0 Å². The average Bonchev–Trinajstić information content (AvgIpc) is 2.52. The van der Waals surface area contributed by atoms with Crippen molar-refractivity contribution in [2.45, 2.75) is 32.9 Å². The highest BCUT2D eigenvalue weighted by Crippen LogP contribution is 2.34. The molecule has 23 heavy (non-hydrogen) atoms. The van der Waals surface area contributed by atoms with Crippen LogP contribution in [0, 0.1) is 0 Å². The van der Waals surface area contributed by atoms with Gasteiger partial charge in [-0.2, -0.15) is 13.2 Å². The number of piperazine rings is 1. The first-order chi connectivity index (χ1) is 10.7. The van der Waals surface area contributed by atoms with Gasteiger partial charge in [0, 0.05) is 26.2 Å². The highest BCUT2D eigenvalue weighted by Gasteiger charge is 2.37. The first kappa shape index (κ1) is 17.8. The molecule has 0 N–H and O–H groups in total. The number of halogens is 3. The Balaban J connectivity index is 2.29. The van der Waals surface area contributed by atoms with Crippen LogP contribution in [0.1, 0.15) is 48.2 Å². The van der Waals surface area contributed by atoms with E-state index in [1.165, 1.54) is 11.0 Å². The summed E-state index contributed by atoms with van der Waals surface area (Å²) in [5.74, 6) is -0.545. The van der Waals surface area contributed by atoms with E-state index < -0.39 is 17.6 Å². The molecule has 1 aromatic rings. The number of carbonyl (C=O) groups excluding carboxylic acids is 1. The van der Waals surface area contributed by atoms with Crippen LogP contribution in [0.2, 0.25) is 0 Å². The molecule has 0 bridgehead atoms. The van der Waals surface area contributed by atoms with Crippen molar-refractivity contribution >= 4 is 5.91 Å². The van der Waals surface area contributed by atoms with Gasteiger partial charge in [-0.05, 0) is 30.2 Å². The Kier molecular flexibility index (Phi) is 5.34. The van der Waals surface area contributed by atoms with Crippen molar-refractivity contribution in [1.29, 1.82) is 0 Å². The zero-order valence-corrected chi connectivity index (χ0v) is 13.8. The zero-order chi connectivity index (χ0) is 17.2. The second-order valence-electron chi connectivity index (χ2n) is 6.18. The molecule has 1 heterocycles. The van der Waals surface area contributed by atoms with Crippen molar-refractivity contribution in [3.8, 4) is 0 Å². The minimum atomic E-state index is -4.53. The fourth-order valence-corrected chi connectivity index (χ4v) is 2.78. The number of nitrogens with zero attached hydrogens (tertiary/aromatic N) is 2. The van der Waals surface area contributed by atoms with Crippen LogP contribution >= 0.6 is 0 Å². The third-order valence-electron chi connectivity index (χ3n) is 4.35. The number of amides is 1. The lowest BCUT2D eigenvalue weighted by Gasteiger charge is -2.34. The van der Waals surface area contributed by atoms with E-state index in [0.29, 0.717) is 31.7 Å². The van der Waals surface area contributed by atoms with Crippen molar-refractivity contribution in [3.63, 3.8) is 0 Å². The third-order valence-corrected chi connectivity index (χ3v) is 4.35. The standard InChI is InChI=1S/C17H23F3N2O/c1-4-21-7-9-22(10-8-21)16(23)14-6-5-13(12(2)3)11-15(14)17(18,19)20/h5-6,11-12H,4,7-10H2,1-3H3. The molecular formula is C17H23F3N2O. The van der Waals surface area contributed by atoms with Gasteiger partial charge in [-0.3, -0.25) is 4.79 Å². The fraction of sp³-hybridized carbons (Fsp3) is 0.588. The molecule has 1 fully saturated rings. The quantitative estimate of drug-likeness (QED) is 0.846. The summed E-state index contributed by atoms with van der Waals surface area (Å²) in [6, 6.07) is 4.06. The molecule has 1 aromatic carbocycles. The number of hydrogen-bond donors (Lipinski definition) is 0. The van der Waals surface area contributed by atoms with Crippen LogP contribution in [-0.2, 0) is 6.18 Å². The molecule has 0 aliphatic carbocycles. The Morgan fingerprint density at radius 3 is 2.26 bits per heavy atom. The van der Waals surface area contributed by atoms with Crippen LogP contribution in [-0.4, -0.2) is 48.4 Å². The third kappa shape index (κ3) is 4.05. The van der Waals surface area contributed by atoms with Gasteiger partial charge in [0.1, 0.15) is 0 Å². The Hall–Kier alpha value is -1.56. The van der Waals surface area contributed by atoms with Crippen molar-refractivity contribution in [2.24, 2.45) is 0 Å². The molecule has 0 spiro atoms. The highest BCUT2D eigenvalue weighted by atomic mass is 19.4. The van der Waals surface area contributed by atoms with Crippen molar-refractivity contribution in [3.05, 3.63) is 34.9 Å². The topological polar surface area (TPSA) is 23.6 Å². The molecule has 0 saturated carbocycles. The molecule has 6 heteroatoms. The summed E-state index contributed by atoms with van der Waals surface area (Å²) in [5, 5.41) is 0. The Morgan fingerprint density at radius 2 is 1.78 bits per heavy atom. The van der Waals surface area contributed by atoms with E-state index in [1.807, 2.05) is 20.8 Å². The summed E-state index contributed by atoms with van der Waals surface area (Å²) in [6.07, 6.45) is -4.53. The molecule has 1 amide bonds. The SMILES string of the molecule is CCN1CCN(C(=O)c2ccc(C(C)C)cc2C(F)(F)F)CC1. The maximum absolute atomic E-state index is 13.4. The second-order valence-corrected chi connectivity index (χ2v) is 6.18. The Morgan fingerprint density at radius 1 is 1.17 bits per heavy atom. The van der Waals surface area contributed by atoms with Gasteiger partial charge in [0.15, 0.2) is 0 Å². The van der Waals surface area contributed by atoms with Crippen molar-refractivity contribution < 1.29 is 18.0 Å². The monoisotopic (exact) mass is 328 g/mol. The van der Waals surface area contributed by atoms with Gasteiger partial charge in [0.25, 0.3) is 5.91 Å². The van der Waals surface area contributed by atoms with Crippen LogP contribution in [0.25, 0.3) is 0 Å². The van der Waals surface area contributed by atoms with Crippen LogP contribution in [0.15, 0.2) is 18.2 Å². The molecule has 1 aliphatic heterocycles. The number of rotatable bonds is 3. The number of hydrogen-bond acceptors (Lipinski definition) is 2. The van der Waals surface area contributed by atoms with Crippen LogP contribution < -0.4 is 0 Å². The maximum Gasteiger partial charge on any atom is 0.417 e. The summed E-state index contributed by atoms with van der Waals surface area (Å²) in [7, 11) is 0. The Labute approximate surface area is 135 Å². The van der Waals surface area contributed by atoms with Gasteiger partial charge in [0.2, 0.25) is 0 Å². The van der Waals surface area contributed by atoms with Gasteiger partial charge in [0.05, 0.1) is 11.1 Å². The van der Waals surface area contributed by atoms with Gasteiger partial charge >= 0.3 is 6.18 Å². The number of likely N-dealkylation sites (N-methyl/N-ethyl adjacent to an activating group) is 1. The van der Waals surface area contributed by atoms with E-state index in [0.717, 1.165) is 12.6 Å². The average molecular weight is 328 g/mol. The summed E-state index contributed by atoms with van der Waals surface area (Å²) in [6.45, 7) is 8.93. The lowest BCUT2D eigenvalue weighted by atomic mass is 9.96. The zero-order valence-electron chi connectivity index (χ0n) is 13.8. The first-order valence-corrected chi connectivity index (χ1v) is 7.96. The normalized spacial score (nSPS) is 16.9. The van der Waals surface area contributed by atoms with Gasteiger partial charge in [-0.1, -0.05) is 26.8 Å². The molecule has 1 saturated heterocycles. The molecule has 0 unspecified atom stereocenters. The highest BCUT2D eigenvalue weighted by molar-refractivity contribution is 5.96. The molecule has 2 rings (SSSR count). The van der Waals surface area contributed by atoms with E-state index in [4.69, 9.17) is 0 Å². The van der Waals surface area contributed by atoms with Crippen LogP contribution in [0.4, 0.5) is 13.2 Å². The summed E-state index contributed by atoms with van der Waals surface area (Å²) in [4.78, 5) is 16.2. The maximum atomic E-state index is 13.4. The van der Waals surface area contributed by atoms with Crippen molar-refractivity contribution in [2.75, 3.05) is 32.7 Å². The number of alkyl halides is 3. The van der Waals surface area contributed by atoms with Gasteiger partial charge < -0.3 is 9.80 Å². The number of benzene rings is 1. The molecule has 1 aliphatic rings. The minimum absolute atomic E-state index is 0.0200. The molecule has 0 radical (unpaired) electrons. The fourth-order valence-electron chi connectivity index (χ4n) is 2.78. The summed E-state index contributed by atoms with van der Waals surface area (Å²) >= 11 is 0. The van der Waals surface area contributed by atoms with Gasteiger partial charge in [-0.15, -0.1) is 0 Å². The lowest BCUT2D eigenvalue weighted by molar-refractivity contribution is -0.138. The smallest absolute Gasteiger partial charge is 0.336 e. The lowest BCUT2D eigenvalue weighted by Crippen LogP contribution is -2.48. The molecule has 0 aromatic heterocycles. The van der Waals surface area contributed by atoms with E-state index in [2.05, 4.69) is 4.90 Å². The minimum Gasteiger partial charge on any atom is -0.336 e. The van der Waals surface area contributed by atoms with E-state index >= 15 is 0 Å². The van der Waals surface area contributed by atoms with E-state index in [1.54, 1.807) is 6.07 Å².